The molecular formula is C43H50N4. The lowest BCUT2D eigenvalue weighted by Gasteiger charge is -2.44. The van der Waals surface area contributed by atoms with Gasteiger partial charge in [-0.05, 0) is 67.5 Å². The van der Waals surface area contributed by atoms with Crippen LogP contribution in [0.25, 0.3) is 45.4 Å². The van der Waals surface area contributed by atoms with Gasteiger partial charge in [0.2, 0.25) is 0 Å². The number of nitrogens with zero attached hydrogens (tertiary/aromatic N) is 4. The molecule has 3 aromatic carbocycles. The molecule has 4 heteroatoms. The second-order valence-electron chi connectivity index (χ2n) is 16.8. The molecule has 1 aliphatic rings. The third-order valence-electron chi connectivity index (χ3n) is 11.2. The molecule has 0 atom stereocenters. The zero-order valence-corrected chi connectivity index (χ0v) is 30.2. The zero-order valence-electron chi connectivity index (χ0n) is 32.2. The summed E-state index contributed by atoms with van der Waals surface area (Å²) in [5, 5.41) is 0. The quantitative estimate of drug-likeness (QED) is 0.200. The highest BCUT2D eigenvalue weighted by Crippen LogP contribution is 2.61. The summed E-state index contributed by atoms with van der Waals surface area (Å²) in [7, 11) is 0. The maximum atomic E-state index is 9.39. The van der Waals surface area contributed by atoms with E-state index in [9.17, 15) is 1.37 Å². The highest BCUT2D eigenvalue weighted by Gasteiger charge is 2.56. The maximum absolute atomic E-state index is 9.39. The number of hydrogen-bond donors (Lipinski definition) is 0. The van der Waals surface area contributed by atoms with Crippen LogP contribution in [0, 0.1) is 5.41 Å². The minimum atomic E-state index is -0.289. The fourth-order valence-electron chi connectivity index (χ4n) is 6.64. The van der Waals surface area contributed by atoms with E-state index < -0.39 is 0 Å². The number of benzene rings is 3. The molecule has 242 valence electrons. The van der Waals surface area contributed by atoms with Crippen LogP contribution < -0.4 is 0 Å². The largest absolute Gasteiger partial charge is 0.255 e. The van der Waals surface area contributed by atoms with Crippen molar-refractivity contribution in [3.8, 4) is 45.4 Å². The van der Waals surface area contributed by atoms with Crippen molar-refractivity contribution >= 4 is 0 Å². The number of rotatable bonds is 4. The van der Waals surface area contributed by atoms with Gasteiger partial charge in [0.1, 0.15) is 0 Å². The first kappa shape index (κ1) is 30.2. The Balaban J connectivity index is 1.44. The van der Waals surface area contributed by atoms with Gasteiger partial charge in [0, 0.05) is 28.5 Å². The molecule has 0 aliphatic heterocycles. The number of pyridine rings is 1. The van der Waals surface area contributed by atoms with E-state index in [1.54, 1.807) is 6.20 Å². The van der Waals surface area contributed by atoms with Crippen molar-refractivity contribution in [3.63, 3.8) is 0 Å². The van der Waals surface area contributed by atoms with E-state index in [2.05, 4.69) is 132 Å². The van der Waals surface area contributed by atoms with Crippen molar-refractivity contribution < 1.29 is 2.74 Å². The SMILES string of the molecule is [2H]c1cc(-c2ccc(-c3nc(-c4ccc(C(C)(C)C)cc4)nc(-c4ccc(C(C)(C)C)cc4)n3)cn2)c([2H])c2c1C(C)(C)C(C)(C)C2(C)C. The fourth-order valence-corrected chi connectivity index (χ4v) is 6.64. The lowest BCUT2D eigenvalue weighted by Crippen LogP contribution is -2.42. The highest BCUT2D eigenvalue weighted by atomic mass is 15.0. The Morgan fingerprint density at radius 3 is 1.36 bits per heavy atom. The molecule has 0 amide bonds. The van der Waals surface area contributed by atoms with E-state index in [-0.39, 0.29) is 27.1 Å². The second-order valence-corrected chi connectivity index (χ2v) is 16.8. The van der Waals surface area contributed by atoms with Crippen molar-refractivity contribution in [2.45, 2.75) is 105 Å². The Morgan fingerprint density at radius 2 is 0.936 bits per heavy atom. The maximum Gasteiger partial charge on any atom is 0.165 e. The molecule has 0 saturated heterocycles. The van der Waals surface area contributed by atoms with Crippen LogP contribution in [-0.4, -0.2) is 19.9 Å². The summed E-state index contributed by atoms with van der Waals surface area (Å²) >= 11 is 0. The zero-order chi connectivity index (χ0) is 35.9. The average molecular weight is 625 g/mol. The molecule has 0 unspecified atom stereocenters. The van der Waals surface area contributed by atoms with Crippen LogP contribution in [-0.2, 0) is 21.7 Å². The van der Waals surface area contributed by atoms with Crippen LogP contribution in [0.3, 0.4) is 0 Å². The number of fused-ring (bicyclic) bond motifs is 1. The molecule has 1 aliphatic carbocycles. The van der Waals surface area contributed by atoms with Crippen molar-refractivity contribution in [1.29, 1.82) is 0 Å². The lowest BCUT2D eigenvalue weighted by molar-refractivity contribution is 0.125. The summed E-state index contributed by atoms with van der Waals surface area (Å²) in [5.41, 5.74) is 7.75. The molecular weight excluding hydrogens is 573 g/mol. The summed E-state index contributed by atoms with van der Waals surface area (Å²) in [6.45, 7) is 26.6. The average Bonchev–Trinajstić information content (AvgIpc) is 3.15. The third-order valence-corrected chi connectivity index (χ3v) is 11.2. The second kappa shape index (κ2) is 10.9. The van der Waals surface area contributed by atoms with Gasteiger partial charge in [-0.2, -0.15) is 0 Å². The van der Waals surface area contributed by atoms with Gasteiger partial charge in [-0.1, -0.05) is 144 Å². The van der Waals surface area contributed by atoms with Crippen molar-refractivity contribution in [1.82, 2.24) is 19.9 Å². The van der Waals surface area contributed by atoms with E-state index in [0.717, 1.165) is 27.8 Å². The Bertz CT molecular complexity index is 1970. The summed E-state index contributed by atoms with van der Waals surface area (Å²) in [6.07, 6.45) is 1.78. The van der Waals surface area contributed by atoms with E-state index >= 15 is 0 Å². The molecule has 47 heavy (non-hydrogen) atoms. The Morgan fingerprint density at radius 1 is 0.511 bits per heavy atom. The Hall–Kier alpha value is -4.18. The minimum Gasteiger partial charge on any atom is -0.255 e. The van der Waals surface area contributed by atoms with Crippen LogP contribution in [0.5, 0.6) is 0 Å². The number of aromatic nitrogens is 4. The van der Waals surface area contributed by atoms with Gasteiger partial charge >= 0.3 is 0 Å². The van der Waals surface area contributed by atoms with Crippen molar-refractivity contribution in [2.24, 2.45) is 5.41 Å². The van der Waals surface area contributed by atoms with E-state index in [0.29, 0.717) is 40.8 Å². The first-order chi connectivity index (χ1) is 22.6. The van der Waals surface area contributed by atoms with E-state index in [1.807, 2.05) is 18.2 Å². The van der Waals surface area contributed by atoms with Crippen LogP contribution in [0.1, 0.15) is 108 Å². The van der Waals surface area contributed by atoms with Gasteiger partial charge < -0.3 is 0 Å². The Kier molecular flexibility index (Phi) is 7.02. The van der Waals surface area contributed by atoms with Gasteiger partial charge in [0.05, 0.1) is 8.44 Å². The van der Waals surface area contributed by atoms with E-state index in [1.165, 1.54) is 11.1 Å². The fraction of sp³-hybridized carbons (Fsp3) is 0.395. The van der Waals surface area contributed by atoms with Crippen molar-refractivity contribution in [2.75, 3.05) is 0 Å². The molecule has 4 nitrogen and oxygen atoms in total. The predicted octanol–water partition coefficient (Wildman–Crippen LogP) is 11.1. The minimum absolute atomic E-state index is 0.0385. The first-order valence-electron chi connectivity index (χ1n) is 17.7. The predicted molar refractivity (Wildman–Crippen MR) is 197 cm³/mol. The molecule has 0 N–H and O–H groups in total. The van der Waals surface area contributed by atoms with Crippen LogP contribution >= 0.6 is 0 Å². The molecule has 2 heterocycles. The van der Waals surface area contributed by atoms with Gasteiger partial charge in [-0.3, -0.25) is 4.98 Å². The van der Waals surface area contributed by atoms with Crippen LogP contribution in [0.2, 0.25) is 0 Å². The summed E-state index contributed by atoms with van der Waals surface area (Å²) in [5.74, 6) is 1.73. The molecule has 5 aromatic rings. The van der Waals surface area contributed by atoms with Gasteiger partial charge in [0.15, 0.2) is 17.5 Å². The molecule has 0 radical (unpaired) electrons. The summed E-state index contributed by atoms with van der Waals surface area (Å²) in [6, 6.07) is 23.5. The van der Waals surface area contributed by atoms with Crippen LogP contribution in [0.4, 0.5) is 0 Å². The lowest BCUT2D eigenvalue weighted by atomic mass is 9.59. The molecule has 6 rings (SSSR count). The summed E-state index contributed by atoms with van der Waals surface area (Å²) < 4.78 is 18.5. The molecule has 0 bridgehead atoms. The van der Waals surface area contributed by atoms with Gasteiger partial charge in [0.25, 0.3) is 0 Å². The van der Waals surface area contributed by atoms with Gasteiger partial charge in [-0.25, -0.2) is 15.0 Å². The summed E-state index contributed by atoms with van der Waals surface area (Å²) in [4.78, 5) is 19.7. The molecule has 0 saturated carbocycles. The Labute approximate surface area is 285 Å². The van der Waals surface area contributed by atoms with E-state index in [4.69, 9.17) is 21.3 Å². The monoisotopic (exact) mass is 624 g/mol. The molecule has 2 aromatic heterocycles. The first-order valence-corrected chi connectivity index (χ1v) is 16.7. The molecule has 0 spiro atoms. The van der Waals surface area contributed by atoms with Crippen LogP contribution in [0.15, 0.2) is 85.0 Å². The van der Waals surface area contributed by atoms with Crippen molar-refractivity contribution in [3.05, 3.63) is 107 Å². The number of hydrogen-bond acceptors (Lipinski definition) is 4. The normalized spacial score (nSPS) is 17.2. The van der Waals surface area contributed by atoms with Gasteiger partial charge in [-0.15, -0.1) is 0 Å². The standard InChI is InChI=1S/C43H50N4/c1-39(2,3)31-19-13-27(14-20-31)36-45-37(28-15-21-32(22-16-28)40(4,5)6)47-38(46-36)30-18-24-35(44-26-30)29-17-23-33-34(25-29)42(9,10)43(11,12)41(33,7)8/h13-26H,1-12H3/i23D,25D. The smallest absolute Gasteiger partial charge is 0.165 e. The third kappa shape index (κ3) is 5.60. The topological polar surface area (TPSA) is 51.6 Å². The molecule has 0 fully saturated rings. The highest BCUT2D eigenvalue weighted by molar-refractivity contribution is 5.69.